The second-order valence-electron chi connectivity index (χ2n) is 6.64. The van der Waals surface area contributed by atoms with Crippen LogP contribution in [0.2, 0.25) is 0 Å². The molecular formula is C17H20N8O. The zero-order valence-corrected chi connectivity index (χ0v) is 14.8. The van der Waals surface area contributed by atoms with Crippen LogP contribution in [0.25, 0.3) is 11.6 Å². The fourth-order valence-corrected chi connectivity index (χ4v) is 3.92. The predicted octanol–water partition coefficient (Wildman–Crippen LogP) is 1.61. The van der Waals surface area contributed by atoms with Crippen LogP contribution in [-0.4, -0.2) is 53.5 Å². The van der Waals surface area contributed by atoms with Gasteiger partial charge in [0.2, 0.25) is 5.95 Å². The van der Waals surface area contributed by atoms with Crippen LogP contribution in [0.3, 0.4) is 0 Å². The van der Waals surface area contributed by atoms with E-state index in [1.165, 1.54) is 0 Å². The molecular weight excluding hydrogens is 332 g/mol. The first-order valence-corrected chi connectivity index (χ1v) is 8.91. The molecule has 1 unspecified atom stereocenters. The first kappa shape index (κ1) is 15.4. The van der Waals surface area contributed by atoms with Crippen molar-refractivity contribution in [3.8, 4) is 11.6 Å². The molecule has 9 heteroatoms. The highest BCUT2D eigenvalue weighted by Gasteiger charge is 2.39. The van der Waals surface area contributed by atoms with Crippen LogP contribution in [0, 0.1) is 6.92 Å². The molecule has 2 aliphatic rings. The lowest BCUT2D eigenvalue weighted by molar-refractivity contribution is 0.191. The summed E-state index contributed by atoms with van der Waals surface area (Å²) in [6, 6.07) is 0.385. The average Bonchev–Trinajstić information content (AvgIpc) is 3.42. The minimum absolute atomic E-state index is 0.112. The maximum absolute atomic E-state index is 5.67. The van der Waals surface area contributed by atoms with Crippen LogP contribution >= 0.6 is 0 Å². The summed E-state index contributed by atoms with van der Waals surface area (Å²) in [6.45, 7) is 5.61. The maximum Gasteiger partial charge on any atom is 0.236 e. The van der Waals surface area contributed by atoms with Gasteiger partial charge in [0.15, 0.2) is 11.6 Å². The predicted molar refractivity (Wildman–Crippen MR) is 93.5 cm³/mol. The lowest BCUT2D eigenvalue weighted by atomic mass is 10.0. The van der Waals surface area contributed by atoms with Gasteiger partial charge < -0.3 is 9.64 Å². The molecule has 3 aromatic rings. The van der Waals surface area contributed by atoms with E-state index in [0.717, 1.165) is 42.6 Å². The van der Waals surface area contributed by atoms with E-state index in [-0.39, 0.29) is 12.1 Å². The molecule has 1 saturated heterocycles. The Labute approximate surface area is 150 Å². The number of rotatable bonds is 3. The summed E-state index contributed by atoms with van der Waals surface area (Å²) in [7, 11) is 0. The van der Waals surface area contributed by atoms with E-state index >= 15 is 0 Å². The molecule has 0 spiro atoms. The second kappa shape index (κ2) is 5.87. The summed E-state index contributed by atoms with van der Waals surface area (Å²) >= 11 is 0. The molecule has 0 amide bonds. The van der Waals surface area contributed by atoms with Gasteiger partial charge in [-0.1, -0.05) is 6.92 Å². The van der Waals surface area contributed by atoms with Gasteiger partial charge in [0.1, 0.15) is 17.8 Å². The molecule has 0 N–H and O–H groups in total. The molecule has 0 aliphatic carbocycles. The van der Waals surface area contributed by atoms with Gasteiger partial charge in [-0.3, -0.25) is 9.13 Å². The Hall–Kier alpha value is -2.81. The number of hydrogen-bond donors (Lipinski definition) is 0. The standard InChI is InChI=1S/C17H20N8O/c1-3-13-16-22-21-11(2)24(16)14-8-19-17(23-6-5-18-10-23)20-15(14)25(13)12-4-7-26-9-12/h5-6,8,10,12-13H,3-4,7,9H2,1-2H3/t12?,13-/m1/s1. The Morgan fingerprint density at radius 1 is 1.31 bits per heavy atom. The molecule has 0 aromatic carbocycles. The number of anilines is 1. The molecule has 0 saturated carbocycles. The molecule has 0 radical (unpaired) electrons. The fourth-order valence-electron chi connectivity index (χ4n) is 3.92. The third-order valence-electron chi connectivity index (χ3n) is 5.13. The number of fused-ring (bicyclic) bond motifs is 3. The molecule has 1 fully saturated rings. The van der Waals surface area contributed by atoms with Crippen LogP contribution in [-0.2, 0) is 4.74 Å². The average molecular weight is 352 g/mol. The Bertz CT molecular complexity index is 928. The third-order valence-corrected chi connectivity index (χ3v) is 5.13. The Balaban J connectivity index is 1.73. The minimum Gasteiger partial charge on any atom is -0.379 e. The number of nitrogens with zero attached hydrogens (tertiary/aromatic N) is 8. The number of aryl methyl sites for hydroxylation is 1. The van der Waals surface area contributed by atoms with Crippen molar-refractivity contribution < 1.29 is 4.74 Å². The van der Waals surface area contributed by atoms with Gasteiger partial charge in [-0.25, -0.2) is 9.97 Å². The van der Waals surface area contributed by atoms with Gasteiger partial charge in [0.05, 0.1) is 24.9 Å². The summed E-state index contributed by atoms with van der Waals surface area (Å²) in [5.74, 6) is 3.31. The summed E-state index contributed by atoms with van der Waals surface area (Å²) < 4.78 is 9.57. The largest absolute Gasteiger partial charge is 0.379 e. The highest BCUT2D eigenvalue weighted by molar-refractivity contribution is 5.63. The van der Waals surface area contributed by atoms with E-state index in [0.29, 0.717) is 12.6 Å². The molecule has 26 heavy (non-hydrogen) atoms. The molecule has 0 bridgehead atoms. The second-order valence-corrected chi connectivity index (χ2v) is 6.64. The van der Waals surface area contributed by atoms with E-state index in [4.69, 9.17) is 9.72 Å². The third kappa shape index (κ3) is 2.16. The van der Waals surface area contributed by atoms with E-state index in [1.807, 2.05) is 23.9 Å². The van der Waals surface area contributed by atoms with Gasteiger partial charge in [-0.15, -0.1) is 10.2 Å². The Morgan fingerprint density at radius 2 is 2.23 bits per heavy atom. The van der Waals surface area contributed by atoms with E-state index in [9.17, 15) is 0 Å². The summed E-state index contributed by atoms with van der Waals surface area (Å²) in [6.07, 6.45) is 9.03. The molecule has 2 aliphatic heterocycles. The lowest BCUT2D eigenvalue weighted by Crippen LogP contribution is -2.43. The van der Waals surface area contributed by atoms with Crippen molar-refractivity contribution in [3.05, 3.63) is 36.6 Å². The monoisotopic (exact) mass is 352 g/mol. The van der Waals surface area contributed by atoms with Crippen LogP contribution < -0.4 is 4.90 Å². The van der Waals surface area contributed by atoms with Crippen molar-refractivity contribution in [2.45, 2.75) is 38.8 Å². The SMILES string of the molecule is CC[C@@H]1c2nnc(C)n2-c2cnc(-n3ccnc3)nc2N1C1CCOC1. The zero-order chi connectivity index (χ0) is 17.7. The minimum atomic E-state index is 0.112. The molecule has 5 heterocycles. The van der Waals surface area contributed by atoms with E-state index in [1.54, 1.807) is 12.5 Å². The van der Waals surface area contributed by atoms with Crippen molar-refractivity contribution in [1.29, 1.82) is 0 Å². The van der Waals surface area contributed by atoms with Crippen molar-refractivity contribution >= 4 is 5.82 Å². The van der Waals surface area contributed by atoms with Gasteiger partial charge in [0, 0.05) is 19.0 Å². The first-order valence-electron chi connectivity index (χ1n) is 8.91. The smallest absolute Gasteiger partial charge is 0.236 e. The molecule has 9 nitrogen and oxygen atoms in total. The van der Waals surface area contributed by atoms with Gasteiger partial charge in [-0.2, -0.15) is 4.98 Å². The van der Waals surface area contributed by atoms with Gasteiger partial charge in [-0.05, 0) is 19.8 Å². The topological polar surface area (TPSA) is 86.8 Å². The van der Waals surface area contributed by atoms with Crippen molar-refractivity contribution in [1.82, 2.24) is 34.3 Å². The summed E-state index contributed by atoms with van der Waals surface area (Å²) in [4.78, 5) is 15.9. The number of imidazole rings is 1. The van der Waals surface area contributed by atoms with Crippen LogP contribution in [0.4, 0.5) is 5.82 Å². The lowest BCUT2D eigenvalue weighted by Gasteiger charge is -2.40. The molecule has 134 valence electrons. The number of aromatic nitrogens is 7. The molecule has 3 aromatic heterocycles. The zero-order valence-electron chi connectivity index (χ0n) is 14.8. The van der Waals surface area contributed by atoms with E-state index < -0.39 is 0 Å². The van der Waals surface area contributed by atoms with Crippen LogP contribution in [0.1, 0.15) is 37.5 Å². The van der Waals surface area contributed by atoms with Crippen molar-refractivity contribution in [2.24, 2.45) is 0 Å². The molecule has 2 atom stereocenters. The first-order chi connectivity index (χ1) is 12.8. The maximum atomic E-state index is 5.67. The Kier molecular flexibility index (Phi) is 3.49. The van der Waals surface area contributed by atoms with E-state index in [2.05, 4.69) is 36.6 Å². The highest BCUT2D eigenvalue weighted by atomic mass is 16.5. The summed E-state index contributed by atoms with van der Waals surface area (Å²) in [5, 5.41) is 8.77. The highest BCUT2D eigenvalue weighted by Crippen LogP contribution is 2.41. The normalized spacial score (nSPS) is 21.7. The van der Waals surface area contributed by atoms with Crippen molar-refractivity contribution in [3.63, 3.8) is 0 Å². The van der Waals surface area contributed by atoms with Gasteiger partial charge in [0.25, 0.3) is 0 Å². The number of hydrogen-bond acceptors (Lipinski definition) is 7. The quantitative estimate of drug-likeness (QED) is 0.708. The number of ether oxygens (including phenoxy) is 1. The van der Waals surface area contributed by atoms with Crippen LogP contribution in [0.5, 0.6) is 0 Å². The van der Waals surface area contributed by atoms with Crippen molar-refractivity contribution in [2.75, 3.05) is 18.1 Å². The summed E-state index contributed by atoms with van der Waals surface area (Å²) in [5.41, 5.74) is 0.919. The van der Waals surface area contributed by atoms with Crippen LogP contribution in [0.15, 0.2) is 24.9 Å². The Morgan fingerprint density at radius 3 is 2.96 bits per heavy atom. The molecule has 5 rings (SSSR count). The fraction of sp³-hybridized carbons (Fsp3) is 0.471. The van der Waals surface area contributed by atoms with Gasteiger partial charge >= 0.3 is 0 Å².